The summed E-state index contributed by atoms with van der Waals surface area (Å²) in [5.41, 5.74) is 12.4. The van der Waals surface area contributed by atoms with Crippen LogP contribution in [0.1, 0.15) is 95.6 Å². The van der Waals surface area contributed by atoms with Crippen molar-refractivity contribution in [3.05, 3.63) is 71.8 Å². The summed E-state index contributed by atoms with van der Waals surface area (Å²) in [4.78, 5) is 86.7. The van der Waals surface area contributed by atoms with E-state index >= 15 is 0 Å². The number of carboxylic acid groups (broad SMARTS) is 1. The molecule has 0 bridgehead atoms. The molecule has 0 aliphatic heterocycles. The molecule has 4 atom stereocenters. The molecular weight excluding hydrogens is 680 g/mol. The van der Waals surface area contributed by atoms with E-state index in [0.29, 0.717) is 24.8 Å². The standard InChI is InChI=1S/C39H56N6O8/c1-26(2)22-30(37(50)44-29(36(41)49)23-27-16-10-8-11-17-27)42-34(47)20-14-6-4-3-5-7-15-21-35(48)43-31(25-33(40)46)38(51)45-32(39(52)53)24-28-18-12-9-13-19-28/h8-13,16-19,26,29-32H,3-7,14-15,20-25H2,1-2H3,(H2,40,46)(H2,41,49)(H,42,47)(H,43,48)(H,44,50)(H,45,51)(H,52,53)/t29-,30-,31-,32-/m0/s1. The van der Waals surface area contributed by atoms with Crippen molar-refractivity contribution in [2.75, 3.05) is 0 Å². The van der Waals surface area contributed by atoms with E-state index in [9.17, 15) is 38.7 Å². The molecule has 2 aromatic rings. The summed E-state index contributed by atoms with van der Waals surface area (Å²) in [6.45, 7) is 3.89. The highest BCUT2D eigenvalue weighted by atomic mass is 16.4. The van der Waals surface area contributed by atoms with Gasteiger partial charge in [-0.1, -0.05) is 107 Å². The third-order valence-electron chi connectivity index (χ3n) is 8.56. The minimum absolute atomic E-state index is 0.0276. The zero-order valence-electron chi connectivity index (χ0n) is 30.8. The van der Waals surface area contributed by atoms with Gasteiger partial charge in [0.1, 0.15) is 24.2 Å². The van der Waals surface area contributed by atoms with Crippen LogP contribution in [-0.2, 0) is 46.4 Å². The van der Waals surface area contributed by atoms with E-state index in [4.69, 9.17) is 11.5 Å². The van der Waals surface area contributed by atoms with Crippen molar-refractivity contribution in [2.45, 2.75) is 121 Å². The van der Waals surface area contributed by atoms with Crippen LogP contribution in [-0.4, -0.2) is 70.7 Å². The van der Waals surface area contributed by atoms with Gasteiger partial charge < -0.3 is 37.8 Å². The molecule has 0 aliphatic rings. The highest BCUT2D eigenvalue weighted by Crippen LogP contribution is 2.12. The maximum Gasteiger partial charge on any atom is 0.326 e. The fourth-order valence-electron chi connectivity index (χ4n) is 5.77. The summed E-state index contributed by atoms with van der Waals surface area (Å²) in [6.07, 6.45) is 5.96. The highest BCUT2D eigenvalue weighted by Gasteiger charge is 2.29. The lowest BCUT2D eigenvalue weighted by atomic mass is 10.0. The Kier molecular flexibility index (Phi) is 19.9. The number of carbonyl (C=O) groups is 7. The summed E-state index contributed by atoms with van der Waals surface area (Å²) >= 11 is 0. The van der Waals surface area contributed by atoms with Crippen LogP contribution >= 0.6 is 0 Å². The van der Waals surface area contributed by atoms with Gasteiger partial charge in [0.2, 0.25) is 35.4 Å². The molecule has 290 valence electrons. The van der Waals surface area contributed by atoms with Gasteiger partial charge in [-0.2, -0.15) is 0 Å². The predicted octanol–water partition coefficient (Wildman–Crippen LogP) is 2.41. The van der Waals surface area contributed by atoms with Gasteiger partial charge in [0, 0.05) is 25.7 Å². The molecule has 0 saturated carbocycles. The Morgan fingerprint density at radius 3 is 1.42 bits per heavy atom. The lowest BCUT2D eigenvalue weighted by Crippen LogP contribution is -2.54. The molecule has 0 unspecified atom stereocenters. The van der Waals surface area contributed by atoms with Crippen LogP contribution in [0.4, 0.5) is 0 Å². The Bertz CT molecular complexity index is 1490. The predicted molar refractivity (Wildman–Crippen MR) is 200 cm³/mol. The second-order valence-corrected chi connectivity index (χ2v) is 13.8. The number of nitrogens with one attached hydrogen (secondary N) is 4. The molecule has 53 heavy (non-hydrogen) atoms. The van der Waals surface area contributed by atoms with Gasteiger partial charge in [-0.15, -0.1) is 0 Å². The highest BCUT2D eigenvalue weighted by molar-refractivity contribution is 5.94. The van der Waals surface area contributed by atoms with Crippen molar-refractivity contribution >= 4 is 41.4 Å². The molecule has 0 aromatic heterocycles. The summed E-state index contributed by atoms with van der Waals surface area (Å²) < 4.78 is 0. The number of benzene rings is 2. The third kappa shape index (κ3) is 18.7. The van der Waals surface area contributed by atoms with Crippen LogP contribution in [0.15, 0.2) is 60.7 Å². The Morgan fingerprint density at radius 1 is 0.566 bits per heavy atom. The minimum atomic E-state index is -1.29. The van der Waals surface area contributed by atoms with E-state index in [-0.39, 0.29) is 37.5 Å². The summed E-state index contributed by atoms with van der Waals surface area (Å²) in [5.74, 6) is -4.53. The Hall–Kier alpha value is -5.27. The van der Waals surface area contributed by atoms with Crippen molar-refractivity contribution < 1.29 is 38.7 Å². The van der Waals surface area contributed by atoms with Crippen LogP contribution in [0.3, 0.4) is 0 Å². The minimum Gasteiger partial charge on any atom is -0.480 e. The second-order valence-electron chi connectivity index (χ2n) is 13.8. The number of carbonyl (C=O) groups excluding carboxylic acids is 6. The lowest BCUT2D eigenvalue weighted by molar-refractivity contribution is -0.142. The monoisotopic (exact) mass is 736 g/mol. The fourth-order valence-corrected chi connectivity index (χ4v) is 5.77. The number of carboxylic acids is 1. The van der Waals surface area contributed by atoms with E-state index in [1.165, 1.54) is 0 Å². The van der Waals surface area contributed by atoms with Gasteiger partial charge in [0.15, 0.2) is 0 Å². The number of aliphatic carboxylic acids is 1. The number of primary amides is 2. The topological polar surface area (TPSA) is 240 Å². The molecule has 0 heterocycles. The number of hydrogen-bond donors (Lipinski definition) is 7. The quantitative estimate of drug-likeness (QED) is 0.0706. The maximum absolute atomic E-state index is 13.1. The van der Waals surface area contributed by atoms with Gasteiger partial charge in [0.25, 0.3) is 0 Å². The number of hydrogen-bond acceptors (Lipinski definition) is 7. The average Bonchev–Trinajstić information content (AvgIpc) is 3.10. The number of nitrogens with two attached hydrogens (primary N) is 2. The van der Waals surface area contributed by atoms with Gasteiger partial charge >= 0.3 is 5.97 Å². The molecule has 2 aromatic carbocycles. The maximum atomic E-state index is 13.1. The van der Waals surface area contributed by atoms with Gasteiger partial charge in [-0.05, 0) is 36.3 Å². The van der Waals surface area contributed by atoms with Crippen molar-refractivity contribution in [3.8, 4) is 0 Å². The molecule has 9 N–H and O–H groups in total. The molecule has 2 rings (SSSR count). The first kappa shape index (κ1) is 43.9. The van der Waals surface area contributed by atoms with Crippen LogP contribution in [0, 0.1) is 5.92 Å². The van der Waals surface area contributed by atoms with Crippen molar-refractivity contribution in [2.24, 2.45) is 17.4 Å². The van der Waals surface area contributed by atoms with E-state index in [1.54, 1.807) is 30.3 Å². The van der Waals surface area contributed by atoms with Crippen molar-refractivity contribution in [1.82, 2.24) is 21.3 Å². The number of amides is 6. The lowest BCUT2D eigenvalue weighted by Gasteiger charge is -2.23. The molecule has 0 radical (unpaired) electrons. The van der Waals surface area contributed by atoms with E-state index < -0.39 is 66.1 Å². The second kappa shape index (κ2) is 24.1. The van der Waals surface area contributed by atoms with Crippen LogP contribution in [0.2, 0.25) is 0 Å². The molecule has 14 nitrogen and oxygen atoms in total. The summed E-state index contributed by atoms with van der Waals surface area (Å²) in [7, 11) is 0. The summed E-state index contributed by atoms with van der Waals surface area (Å²) in [6, 6.07) is 13.7. The third-order valence-corrected chi connectivity index (χ3v) is 8.56. The van der Waals surface area contributed by atoms with Gasteiger partial charge in [0.05, 0.1) is 6.42 Å². The summed E-state index contributed by atoms with van der Waals surface area (Å²) in [5, 5.41) is 20.1. The largest absolute Gasteiger partial charge is 0.480 e. The van der Waals surface area contributed by atoms with Crippen LogP contribution in [0.25, 0.3) is 0 Å². The first-order valence-electron chi connectivity index (χ1n) is 18.3. The first-order valence-corrected chi connectivity index (χ1v) is 18.3. The number of unbranched alkanes of at least 4 members (excludes halogenated alkanes) is 6. The number of rotatable bonds is 26. The molecule has 0 aliphatic carbocycles. The molecule has 0 fully saturated rings. The Labute approximate surface area is 311 Å². The molecule has 0 spiro atoms. The normalized spacial score (nSPS) is 13.2. The molecule has 6 amide bonds. The average molecular weight is 737 g/mol. The molecular formula is C39H56N6O8. The van der Waals surface area contributed by atoms with E-state index in [2.05, 4.69) is 21.3 Å². The smallest absolute Gasteiger partial charge is 0.326 e. The van der Waals surface area contributed by atoms with E-state index in [1.807, 2.05) is 44.2 Å². The van der Waals surface area contributed by atoms with Crippen molar-refractivity contribution in [1.29, 1.82) is 0 Å². The van der Waals surface area contributed by atoms with Crippen LogP contribution < -0.4 is 32.7 Å². The van der Waals surface area contributed by atoms with Gasteiger partial charge in [-0.25, -0.2) is 4.79 Å². The fraction of sp³-hybridized carbons (Fsp3) is 0.513. The SMILES string of the molecule is CC(C)C[C@H](NC(=O)CCCCCCCCCC(=O)N[C@@H](CC(N)=O)C(=O)N[C@@H](Cc1ccccc1)C(=O)O)C(=O)N[C@@H](Cc1ccccc1)C(N)=O. The zero-order chi connectivity index (χ0) is 39.2. The molecule has 14 heteroatoms. The molecule has 0 saturated heterocycles. The van der Waals surface area contributed by atoms with Gasteiger partial charge in [-0.3, -0.25) is 28.8 Å². The van der Waals surface area contributed by atoms with Crippen LogP contribution in [0.5, 0.6) is 0 Å². The Balaban J connectivity index is 1.69. The van der Waals surface area contributed by atoms with Crippen molar-refractivity contribution in [3.63, 3.8) is 0 Å². The zero-order valence-corrected chi connectivity index (χ0v) is 30.8. The van der Waals surface area contributed by atoms with E-state index in [0.717, 1.165) is 37.7 Å². The Morgan fingerprint density at radius 2 is 0.981 bits per heavy atom. The first-order chi connectivity index (χ1) is 25.2.